The van der Waals surface area contributed by atoms with Crippen molar-refractivity contribution in [3.63, 3.8) is 0 Å². The van der Waals surface area contributed by atoms with Crippen molar-refractivity contribution in [3.05, 3.63) is 47.4 Å². The summed E-state index contributed by atoms with van der Waals surface area (Å²) in [5, 5.41) is 3.27. The van der Waals surface area contributed by atoms with Crippen molar-refractivity contribution >= 4 is 29.0 Å². The van der Waals surface area contributed by atoms with Crippen LogP contribution in [0.5, 0.6) is 0 Å². The number of nitrogens with one attached hydrogen (secondary N) is 1. The van der Waals surface area contributed by atoms with Gasteiger partial charge in [0.15, 0.2) is 0 Å². The minimum atomic E-state index is -0.347. The van der Waals surface area contributed by atoms with Crippen molar-refractivity contribution in [2.45, 2.75) is 0 Å². The number of carbonyl (C=O) groups is 1. The van der Waals surface area contributed by atoms with Gasteiger partial charge in [0.05, 0.1) is 12.4 Å². The van der Waals surface area contributed by atoms with Gasteiger partial charge >= 0.3 is 0 Å². The standard InChI is InChI=1S/C11H9ClN4O/c12-7-1-3-8(4-2-7)16-11(17)9-5-15-10(13)6-14-9/h1-6H,(H2,13,15)(H,16,17). The molecule has 0 aliphatic rings. The fraction of sp³-hybridized carbons (Fsp3) is 0. The van der Waals surface area contributed by atoms with Gasteiger partial charge in [0.2, 0.25) is 0 Å². The summed E-state index contributed by atoms with van der Waals surface area (Å²) in [5.41, 5.74) is 6.22. The highest BCUT2D eigenvalue weighted by molar-refractivity contribution is 6.30. The van der Waals surface area contributed by atoms with Crippen LogP contribution in [0, 0.1) is 0 Å². The molecule has 0 aliphatic carbocycles. The lowest BCUT2D eigenvalue weighted by Crippen LogP contribution is -2.14. The number of benzene rings is 1. The Hall–Kier alpha value is -2.14. The number of amides is 1. The van der Waals surface area contributed by atoms with Crippen LogP contribution < -0.4 is 11.1 Å². The van der Waals surface area contributed by atoms with E-state index in [-0.39, 0.29) is 17.4 Å². The summed E-state index contributed by atoms with van der Waals surface area (Å²) in [5.74, 6) is -0.0761. The number of nitrogens with two attached hydrogens (primary N) is 1. The molecule has 1 amide bonds. The molecule has 0 bridgehead atoms. The third-order valence-electron chi connectivity index (χ3n) is 2.01. The Morgan fingerprint density at radius 3 is 2.47 bits per heavy atom. The summed E-state index contributed by atoms with van der Waals surface area (Å²) in [7, 11) is 0. The molecule has 6 heteroatoms. The minimum absolute atomic E-state index is 0.203. The molecule has 0 unspecified atom stereocenters. The second-order valence-corrected chi connectivity index (χ2v) is 3.72. The topological polar surface area (TPSA) is 80.9 Å². The van der Waals surface area contributed by atoms with E-state index in [4.69, 9.17) is 17.3 Å². The number of anilines is 2. The fourth-order valence-corrected chi connectivity index (χ4v) is 1.31. The van der Waals surface area contributed by atoms with Crippen LogP contribution in [0.25, 0.3) is 0 Å². The lowest BCUT2D eigenvalue weighted by Gasteiger charge is -2.04. The average molecular weight is 249 g/mol. The molecule has 1 heterocycles. The molecule has 2 aromatic rings. The number of hydrogen-bond donors (Lipinski definition) is 2. The summed E-state index contributed by atoms with van der Waals surface area (Å²) >= 11 is 5.73. The number of rotatable bonds is 2. The van der Waals surface area contributed by atoms with E-state index in [1.165, 1.54) is 12.4 Å². The first-order valence-electron chi connectivity index (χ1n) is 4.79. The average Bonchev–Trinajstić information content (AvgIpc) is 2.33. The van der Waals surface area contributed by atoms with E-state index in [0.29, 0.717) is 10.7 Å². The number of nitrogens with zero attached hydrogens (tertiary/aromatic N) is 2. The molecule has 0 aliphatic heterocycles. The zero-order valence-corrected chi connectivity index (χ0v) is 9.48. The Balaban J connectivity index is 2.11. The molecule has 1 aromatic carbocycles. The normalized spacial score (nSPS) is 9.94. The van der Waals surface area contributed by atoms with Gasteiger partial charge in [-0.1, -0.05) is 11.6 Å². The number of carbonyl (C=O) groups excluding carboxylic acids is 1. The predicted octanol–water partition coefficient (Wildman–Crippen LogP) is 1.96. The minimum Gasteiger partial charge on any atom is -0.382 e. The van der Waals surface area contributed by atoms with Crippen LogP contribution in [0.1, 0.15) is 10.5 Å². The van der Waals surface area contributed by atoms with Crippen LogP contribution >= 0.6 is 11.6 Å². The van der Waals surface area contributed by atoms with Crippen LogP contribution in [-0.4, -0.2) is 15.9 Å². The second kappa shape index (κ2) is 4.80. The van der Waals surface area contributed by atoms with Gasteiger partial charge in [-0.3, -0.25) is 4.79 Å². The van der Waals surface area contributed by atoms with Crippen molar-refractivity contribution in [2.24, 2.45) is 0 Å². The molecule has 3 N–H and O–H groups in total. The summed E-state index contributed by atoms with van der Waals surface area (Å²) < 4.78 is 0. The maximum atomic E-state index is 11.7. The predicted molar refractivity (Wildman–Crippen MR) is 65.8 cm³/mol. The van der Waals surface area contributed by atoms with Gasteiger partial charge in [-0.05, 0) is 24.3 Å². The van der Waals surface area contributed by atoms with Gasteiger partial charge in [-0.2, -0.15) is 0 Å². The zero-order chi connectivity index (χ0) is 12.3. The highest BCUT2D eigenvalue weighted by Gasteiger charge is 2.07. The molecule has 1 aromatic heterocycles. The first kappa shape index (κ1) is 11.3. The molecule has 0 spiro atoms. The van der Waals surface area contributed by atoms with E-state index in [1.807, 2.05) is 0 Å². The van der Waals surface area contributed by atoms with Crippen LogP contribution in [0.2, 0.25) is 5.02 Å². The molecule has 0 fully saturated rings. The van der Waals surface area contributed by atoms with Crippen molar-refractivity contribution in [3.8, 4) is 0 Å². The molecule has 5 nitrogen and oxygen atoms in total. The Morgan fingerprint density at radius 1 is 1.18 bits per heavy atom. The zero-order valence-electron chi connectivity index (χ0n) is 8.72. The van der Waals surface area contributed by atoms with Crippen LogP contribution in [0.3, 0.4) is 0 Å². The molecule has 17 heavy (non-hydrogen) atoms. The smallest absolute Gasteiger partial charge is 0.275 e. The first-order valence-corrected chi connectivity index (χ1v) is 5.17. The van der Waals surface area contributed by atoms with E-state index in [2.05, 4.69) is 15.3 Å². The van der Waals surface area contributed by atoms with Crippen molar-refractivity contribution in [1.82, 2.24) is 9.97 Å². The van der Waals surface area contributed by atoms with Crippen molar-refractivity contribution in [1.29, 1.82) is 0 Å². The first-order chi connectivity index (χ1) is 8.15. The molecule has 0 atom stereocenters. The number of nitrogen functional groups attached to an aromatic ring is 1. The third-order valence-corrected chi connectivity index (χ3v) is 2.26. The number of hydrogen-bond acceptors (Lipinski definition) is 4. The molecular weight excluding hydrogens is 240 g/mol. The Labute approximate surface area is 103 Å². The van der Waals surface area contributed by atoms with Gasteiger partial charge in [0.1, 0.15) is 11.5 Å². The summed E-state index contributed by atoms with van der Waals surface area (Å²) in [6.07, 6.45) is 2.65. The Bertz CT molecular complexity index is 524. The van der Waals surface area contributed by atoms with Gasteiger partial charge in [0, 0.05) is 10.7 Å². The van der Waals surface area contributed by atoms with Gasteiger partial charge in [0.25, 0.3) is 5.91 Å². The fourth-order valence-electron chi connectivity index (χ4n) is 1.18. The van der Waals surface area contributed by atoms with E-state index >= 15 is 0 Å². The van der Waals surface area contributed by atoms with Gasteiger partial charge in [-0.15, -0.1) is 0 Å². The molecule has 0 saturated carbocycles. The van der Waals surface area contributed by atoms with Crippen molar-refractivity contribution in [2.75, 3.05) is 11.1 Å². The van der Waals surface area contributed by atoms with Crippen LogP contribution in [0.4, 0.5) is 11.5 Å². The van der Waals surface area contributed by atoms with E-state index in [1.54, 1.807) is 24.3 Å². The monoisotopic (exact) mass is 248 g/mol. The van der Waals surface area contributed by atoms with Gasteiger partial charge in [-0.25, -0.2) is 9.97 Å². The largest absolute Gasteiger partial charge is 0.382 e. The second-order valence-electron chi connectivity index (χ2n) is 3.29. The quantitative estimate of drug-likeness (QED) is 0.851. The SMILES string of the molecule is Nc1cnc(C(=O)Nc2ccc(Cl)cc2)cn1. The Morgan fingerprint density at radius 2 is 1.88 bits per heavy atom. The number of halogens is 1. The van der Waals surface area contributed by atoms with E-state index < -0.39 is 0 Å². The Kier molecular flexibility index (Phi) is 3.20. The lowest BCUT2D eigenvalue weighted by molar-refractivity contribution is 0.102. The van der Waals surface area contributed by atoms with Gasteiger partial charge < -0.3 is 11.1 Å². The van der Waals surface area contributed by atoms with E-state index in [9.17, 15) is 4.79 Å². The number of aromatic nitrogens is 2. The lowest BCUT2D eigenvalue weighted by atomic mass is 10.3. The summed E-state index contributed by atoms with van der Waals surface area (Å²) in [6.45, 7) is 0. The van der Waals surface area contributed by atoms with E-state index in [0.717, 1.165) is 0 Å². The summed E-state index contributed by atoms with van der Waals surface area (Å²) in [4.78, 5) is 19.4. The molecule has 0 saturated heterocycles. The van der Waals surface area contributed by atoms with Crippen molar-refractivity contribution < 1.29 is 4.79 Å². The third kappa shape index (κ3) is 2.92. The van der Waals surface area contributed by atoms with Crippen LogP contribution in [-0.2, 0) is 0 Å². The maximum absolute atomic E-state index is 11.7. The molecule has 86 valence electrons. The molecule has 2 rings (SSSR count). The van der Waals surface area contributed by atoms with Crippen LogP contribution in [0.15, 0.2) is 36.7 Å². The maximum Gasteiger partial charge on any atom is 0.275 e. The molecule has 0 radical (unpaired) electrons. The summed E-state index contributed by atoms with van der Waals surface area (Å²) in [6, 6.07) is 6.77. The highest BCUT2D eigenvalue weighted by Crippen LogP contribution is 2.13. The molecular formula is C11H9ClN4O. The highest BCUT2D eigenvalue weighted by atomic mass is 35.5.